The third kappa shape index (κ3) is 3.60. The molecule has 0 amide bonds. The number of rotatable bonds is 6. The summed E-state index contributed by atoms with van der Waals surface area (Å²) in [5, 5.41) is 4.18. The lowest BCUT2D eigenvalue weighted by Crippen LogP contribution is -2.33. The van der Waals surface area contributed by atoms with E-state index in [0.29, 0.717) is 17.4 Å². The van der Waals surface area contributed by atoms with Gasteiger partial charge in [0.05, 0.1) is 19.0 Å². The summed E-state index contributed by atoms with van der Waals surface area (Å²) >= 11 is 0.981. The van der Waals surface area contributed by atoms with Gasteiger partial charge in [-0.05, 0) is 27.2 Å². The number of aryl methyl sites for hydroxylation is 2. The van der Waals surface area contributed by atoms with E-state index in [-0.39, 0.29) is 10.3 Å². The summed E-state index contributed by atoms with van der Waals surface area (Å²) in [7, 11) is -2.16. The number of methoxy groups -OCH3 is 1. The van der Waals surface area contributed by atoms with E-state index in [1.54, 1.807) is 6.92 Å². The van der Waals surface area contributed by atoms with Crippen molar-refractivity contribution >= 4 is 21.4 Å². The Kier molecular flexibility index (Phi) is 4.64. The molecule has 0 saturated carbocycles. The van der Waals surface area contributed by atoms with E-state index in [0.717, 1.165) is 22.6 Å². The minimum Gasteiger partial charge on any atom is -0.473 e. The molecular weight excluding hydrogens is 314 g/mol. The van der Waals surface area contributed by atoms with Crippen LogP contribution in [0.25, 0.3) is 0 Å². The Bertz CT molecular complexity index is 701. The molecule has 21 heavy (non-hydrogen) atoms. The molecule has 0 saturated heterocycles. The molecule has 2 heterocycles. The van der Waals surface area contributed by atoms with E-state index in [2.05, 4.69) is 14.9 Å². The monoisotopic (exact) mass is 331 g/mol. The summed E-state index contributed by atoms with van der Waals surface area (Å²) in [4.78, 5) is 3.86. The predicted molar refractivity (Wildman–Crippen MR) is 78.1 cm³/mol. The Labute approximate surface area is 127 Å². The summed E-state index contributed by atoms with van der Waals surface area (Å²) in [5.41, 5.74) is 1.70. The summed E-state index contributed by atoms with van der Waals surface area (Å²) in [6.07, 6.45) is 1.80. The van der Waals surface area contributed by atoms with E-state index in [1.165, 1.54) is 13.3 Å². The Morgan fingerprint density at radius 2 is 2.19 bits per heavy atom. The lowest BCUT2D eigenvalue weighted by molar-refractivity contribution is 0.392. The minimum absolute atomic E-state index is 0.130. The van der Waals surface area contributed by atoms with E-state index in [1.807, 2.05) is 13.8 Å². The Morgan fingerprint density at radius 3 is 2.71 bits per heavy atom. The molecule has 1 unspecified atom stereocenters. The van der Waals surface area contributed by atoms with E-state index in [9.17, 15) is 8.42 Å². The average Bonchev–Trinajstić information content (AvgIpc) is 3.00. The van der Waals surface area contributed by atoms with Crippen molar-refractivity contribution in [2.24, 2.45) is 0 Å². The Balaban J connectivity index is 2.09. The molecule has 0 aromatic carbocycles. The standard InChI is InChI=1S/C12H17N3O4S2/c1-7(5-10-8(2)14-19-9(10)3)15-21(16,17)11-6-13-12(18-4)20-11/h6-7,15H,5H2,1-4H3. The number of sulfonamides is 1. The van der Waals surface area contributed by atoms with Crippen molar-refractivity contribution < 1.29 is 17.7 Å². The second-order valence-electron chi connectivity index (χ2n) is 4.68. The fourth-order valence-electron chi connectivity index (χ4n) is 1.93. The molecule has 0 fully saturated rings. The van der Waals surface area contributed by atoms with E-state index < -0.39 is 10.0 Å². The number of thiazole rings is 1. The molecule has 1 atom stereocenters. The van der Waals surface area contributed by atoms with Crippen LogP contribution < -0.4 is 9.46 Å². The van der Waals surface area contributed by atoms with Crippen LogP contribution in [-0.2, 0) is 16.4 Å². The maximum Gasteiger partial charge on any atom is 0.274 e. The third-order valence-electron chi connectivity index (χ3n) is 2.95. The van der Waals surface area contributed by atoms with Crippen molar-refractivity contribution in [2.75, 3.05) is 7.11 Å². The molecule has 0 spiro atoms. The molecule has 2 rings (SSSR count). The van der Waals surface area contributed by atoms with Gasteiger partial charge in [-0.3, -0.25) is 0 Å². The number of nitrogens with zero attached hydrogens (tertiary/aromatic N) is 2. The van der Waals surface area contributed by atoms with Crippen LogP contribution in [0, 0.1) is 13.8 Å². The molecule has 1 N–H and O–H groups in total. The molecule has 0 aliphatic carbocycles. The van der Waals surface area contributed by atoms with Crippen LogP contribution in [0.15, 0.2) is 14.9 Å². The molecule has 9 heteroatoms. The van der Waals surface area contributed by atoms with E-state index >= 15 is 0 Å². The van der Waals surface area contributed by atoms with Gasteiger partial charge in [0, 0.05) is 11.6 Å². The summed E-state index contributed by atoms with van der Waals surface area (Å²) in [6, 6.07) is -0.292. The van der Waals surface area contributed by atoms with Crippen LogP contribution in [0.5, 0.6) is 5.19 Å². The van der Waals surface area contributed by atoms with Crippen LogP contribution in [0.3, 0.4) is 0 Å². The average molecular weight is 331 g/mol. The van der Waals surface area contributed by atoms with Crippen molar-refractivity contribution in [1.82, 2.24) is 14.9 Å². The number of ether oxygens (including phenoxy) is 1. The molecule has 0 bridgehead atoms. The lowest BCUT2D eigenvalue weighted by Gasteiger charge is -2.12. The van der Waals surface area contributed by atoms with Gasteiger partial charge in [-0.15, -0.1) is 0 Å². The quantitative estimate of drug-likeness (QED) is 0.865. The highest BCUT2D eigenvalue weighted by Crippen LogP contribution is 2.24. The maximum atomic E-state index is 12.2. The fraction of sp³-hybridized carbons (Fsp3) is 0.500. The van der Waals surface area contributed by atoms with Gasteiger partial charge in [-0.25, -0.2) is 18.1 Å². The first-order valence-corrected chi connectivity index (χ1v) is 8.57. The van der Waals surface area contributed by atoms with Crippen molar-refractivity contribution in [3.05, 3.63) is 23.2 Å². The third-order valence-corrected chi connectivity index (χ3v) is 5.96. The zero-order valence-corrected chi connectivity index (χ0v) is 13.8. The fourth-order valence-corrected chi connectivity index (χ4v) is 4.11. The zero-order valence-electron chi connectivity index (χ0n) is 12.2. The summed E-state index contributed by atoms with van der Waals surface area (Å²) in [6.45, 7) is 5.44. The van der Waals surface area contributed by atoms with Gasteiger partial charge < -0.3 is 9.26 Å². The van der Waals surface area contributed by atoms with Crippen molar-refractivity contribution in [1.29, 1.82) is 0 Å². The molecular formula is C12H17N3O4S2. The normalized spacial score (nSPS) is 13.3. The first kappa shape index (κ1) is 15.9. The number of hydrogen-bond donors (Lipinski definition) is 1. The lowest BCUT2D eigenvalue weighted by atomic mass is 10.1. The van der Waals surface area contributed by atoms with Crippen molar-refractivity contribution in [3.63, 3.8) is 0 Å². The van der Waals surface area contributed by atoms with Gasteiger partial charge in [-0.1, -0.05) is 16.5 Å². The van der Waals surface area contributed by atoms with Crippen molar-refractivity contribution in [2.45, 2.75) is 37.4 Å². The van der Waals surface area contributed by atoms with Crippen LogP contribution in [0.1, 0.15) is 23.9 Å². The predicted octanol–water partition coefficient (Wildman–Crippen LogP) is 1.67. The molecule has 0 radical (unpaired) electrons. The Hall–Kier alpha value is -1.45. The number of nitrogens with one attached hydrogen (secondary N) is 1. The minimum atomic E-state index is -3.60. The Morgan fingerprint density at radius 1 is 1.48 bits per heavy atom. The molecule has 0 aliphatic rings. The molecule has 0 aliphatic heterocycles. The SMILES string of the molecule is COc1ncc(S(=O)(=O)NC(C)Cc2c(C)noc2C)s1. The smallest absolute Gasteiger partial charge is 0.274 e. The first-order valence-electron chi connectivity index (χ1n) is 6.27. The van der Waals surface area contributed by atoms with E-state index in [4.69, 9.17) is 9.26 Å². The molecule has 116 valence electrons. The summed E-state index contributed by atoms with van der Waals surface area (Å²) < 4.78 is 37.2. The molecule has 2 aromatic heterocycles. The second kappa shape index (κ2) is 6.12. The molecule has 2 aromatic rings. The number of aromatic nitrogens is 2. The summed E-state index contributed by atoms with van der Waals surface area (Å²) in [5.74, 6) is 0.706. The van der Waals surface area contributed by atoms with Gasteiger partial charge in [0.2, 0.25) is 0 Å². The highest BCUT2D eigenvalue weighted by atomic mass is 32.2. The highest BCUT2D eigenvalue weighted by Gasteiger charge is 2.22. The first-order chi connectivity index (χ1) is 9.83. The van der Waals surface area contributed by atoms with Gasteiger partial charge in [0.25, 0.3) is 15.2 Å². The topological polar surface area (TPSA) is 94.3 Å². The van der Waals surface area contributed by atoms with Crippen LogP contribution in [-0.4, -0.2) is 31.7 Å². The second-order valence-corrected chi connectivity index (χ2v) is 7.61. The van der Waals surface area contributed by atoms with Crippen LogP contribution in [0.4, 0.5) is 0 Å². The van der Waals surface area contributed by atoms with Gasteiger partial charge in [0.15, 0.2) is 4.21 Å². The highest BCUT2D eigenvalue weighted by molar-refractivity contribution is 7.91. The molecule has 7 nitrogen and oxygen atoms in total. The van der Waals surface area contributed by atoms with Crippen LogP contribution >= 0.6 is 11.3 Å². The van der Waals surface area contributed by atoms with Gasteiger partial charge >= 0.3 is 0 Å². The van der Waals surface area contributed by atoms with Gasteiger partial charge in [-0.2, -0.15) is 0 Å². The zero-order chi connectivity index (χ0) is 15.6. The van der Waals surface area contributed by atoms with Crippen LogP contribution in [0.2, 0.25) is 0 Å². The number of hydrogen-bond acceptors (Lipinski definition) is 7. The maximum absolute atomic E-state index is 12.2. The largest absolute Gasteiger partial charge is 0.473 e. The van der Waals surface area contributed by atoms with Gasteiger partial charge in [0.1, 0.15) is 5.76 Å². The van der Waals surface area contributed by atoms with Crippen molar-refractivity contribution in [3.8, 4) is 5.19 Å².